The summed E-state index contributed by atoms with van der Waals surface area (Å²) in [5.74, 6) is -0.531. The van der Waals surface area contributed by atoms with E-state index in [1.807, 2.05) is 6.08 Å². The molecule has 74 valence electrons. The topological polar surface area (TPSA) is 62.3 Å². The maximum atomic E-state index is 12.0. The Bertz CT molecular complexity index is 589. The van der Waals surface area contributed by atoms with E-state index in [9.17, 15) is 9.59 Å². The van der Waals surface area contributed by atoms with Crippen molar-refractivity contribution in [2.75, 3.05) is 0 Å². The van der Waals surface area contributed by atoms with Crippen molar-refractivity contribution < 1.29 is 4.79 Å². The summed E-state index contributed by atoms with van der Waals surface area (Å²) in [6, 6.07) is 0. The molecule has 0 fully saturated rings. The normalized spacial score (nSPS) is 22.3. The Labute approximate surface area is 88.8 Å². The number of carbonyl (C=O) groups excluding carboxylic acids is 1. The minimum absolute atomic E-state index is 0.155. The average molecular weight is 218 g/mol. The largest absolute Gasteiger partial charge is 0.293 e. The number of nitrogens with one attached hydrogen (secondary N) is 1. The summed E-state index contributed by atoms with van der Waals surface area (Å²) in [7, 11) is 0. The van der Waals surface area contributed by atoms with E-state index >= 15 is 0 Å². The molecule has 5 heteroatoms. The maximum Gasteiger partial charge on any atom is 0.271 e. The predicted molar refractivity (Wildman–Crippen MR) is 58.1 cm³/mol. The molecule has 0 saturated heterocycles. The van der Waals surface area contributed by atoms with Crippen LogP contribution in [0.3, 0.4) is 0 Å². The first-order valence-corrected chi connectivity index (χ1v) is 5.28. The minimum Gasteiger partial charge on any atom is -0.293 e. The van der Waals surface area contributed by atoms with E-state index in [0.717, 1.165) is 11.5 Å². The summed E-state index contributed by atoms with van der Waals surface area (Å²) in [4.78, 5) is 27.6. The van der Waals surface area contributed by atoms with E-state index in [1.165, 1.54) is 0 Å². The number of H-pyrrole nitrogens is 1. The fraction of sp³-hybridized carbons (Fsp3) is 0.100. The third-order valence-electron chi connectivity index (χ3n) is 2.44. The molecule has 1 aliphatic carbocycles. The summed E-state index contributed by atoms with van der Waals surface area (Å²) < 4.78 is 2.53. The number of fused-ring (bicyclic) bond motifs is 2. The lowest BCUT2D eigenvalue weighted by atomic mass is 9.89. The second-order valence-electron chi connectivity index (χ2n) is 3.34. The second-order valence-corrected chi connectivity index (χ2v) is 4.13. The quantitative estimate of drug-likeness (QED) is 0.716. The predicted octanol–water partition coefficient (Wildman–Crippen LogP) is 1.45. The Kier molecular flexibility index (Phi) is 1.63. The second kappa shape index (κ2) is 2.87. The van der Waals surface area contributed by atoms with Gasteiger partial charge >= 0.3 is 0 Å². The number of aliphatic imine (C=N–C) groups is 1. The summed E-state index contributed by atoms with van der Waals surface area (Å²) in [5.41, 5.74) is 0.588. The molecule has 2 heterocycles. The molecule has 1 unspecified atom stereocenters. The summed E-state index contributed by atoms with van der Waals surface area (Å²) in [5, 5.41) is 0.496. The van der Waals surface area contributed by atoms with E-state index < -0.39 is 0 Å². The van der Waals surface area contributed by atoms with Gasteiger partial charge in [0.1, 0.15) is 10.6 Å². The molecule has 0 radical (unpaired) electrons. The van der Waals surface area contributed by atoms with Gasteiger partial charge < -0.3 is 0 Å². The van der Waals surface area contributed by atoms with Crippen LogP contribution in [0.25, 0.3) is 0 Å². The molecule has 0 spiro atoms. The van der Waals surface area contributed by atoms with Gasteiger partial charge in [0.15, 0.2) is 5.78 Å². The monoisotopic (exact) mass is 218 g/mol. The van der Waals surface area contributed by atoms with E-state index in [-0.39, 0.29) is 22.8 Å². The smallest absolute Gasteiger partial charge is 0.271 e. The van der Waals surface area contributed by atoms with Crippen LogP contribution in [0.1, 0.15) is 10.4 Å². The maximum absolute atomic E-state index is 12.0. The van der Waals surface area contributed by atoms with E-state index in [4.69, 9.17) is 0 Å². The van der Waals surface area contributed by atoms with Crippen LogP contribution in [0.2, 0.25) is 0 Å². The Morgan fingerprint density at radius 3 is 3.07 bits per heavy atom. The molecule has 4 nitrogen and oxygen atoms in total. The minimum atomic E-state index is -0.377. The van der Waals surface area contributed by atoms with Gasteiger partial charge in [-0.3, -0.25) is 14.0 Å². The number of hydrogen-bond acceptors (Lipinski definition) is 4. The highest BCUT2D eigenvalue weighted by molar-refractivity contribution is 7.10. The van der Waals surface area contributed by atoms with Gasteiger partial charge in [-0.25, -0.2) is 4.99 Å². The van der Waals surface area contributed by atoms with Gasteiger partial charge in [0.2, 0.25) is 0 Å². The fourth-order valence-electron chi connectivity index (χ4n) is 1.72. The molecule has 0 amide bonds. The molecule has 3 rings (SSSR count). The van der Waals surface area contributed by atoms with Crippen molar-refractivity contribution in [3.05, 3.63) is 40.2 Å². The molecule has 0 bridgehead atoms. The number of nitrogens with zero attached hydrogens (tertiary/aromatic N) is 1. The van der Waals surface area contributed by atoms with Crippen LogP contribution in [0.15, 0.2) is 34.1 Å². The van der Waals surface area contributed by atoms with E-state index in [0.29, 0.717) is 10.7 Å². The van der Waals surface area contributed by atoms with Crippen molar-refractivity contribution in [1.29, 1.82) is 0 Å². The lowest BCUT2D eigenvalue weighted by molar-refractivity contribution is 0.0970. The lowest BCUT2D eigenvalue weighted by Gasteiger charge is -2.17. The third kappa shape index (κ3) is 1.10. The van der Waals surface area contributed by atoms with Crippen molar-refractivity contribution in [3.63, 3.8) is 0 Å². The van der Waals surface area contributed by atoms with Crippen molar-refractivity contribution in [3.8, 4) is 0 Å². The molecule has 15 heavy (non-hydrogen) atoms. The van der Waals surface area contributed by atoms with Crippen molar-refractivity contribution in [2.45, 2.75) is 0 Å². The molecule has 1 atom stereocenters. The highest BCUT2D eigenvalue weighted by Gasteiger charge is 2.32. The lowest BCUT2D eigenvalue weighted by Crippen LogP contribution is -2.28. The number of allylic oxidation sites excluding steroid dienone is 4. The average Bonchev–Trinajstić information content (AvgIpc) is 2.61. The first kappa shape index (κ1) is 8.55. The molecule has 0 aromatic carbocycles. The number of aromatic amines is 1. The standard InChI is InChI=1S/C10H6N2O2S/c13-8-5-3-1-2-4-6(5)11-10-7(8)9(14)12-15-10/h1-5H,(H,12,14). The van der Waals surface area contributed by atoms with Gasteiger partial charge in [0.25, 0.3) is 5.56 Å². The van der Waals surface area contributed by atoms with Gasteiger partial charge in [-0.05, 0) is 17.6 Å². The van der Waals surface area contributed by atoms with Crippen LogP contribution < -0.4 is 5.56 Å². The zero-order chi connectivity index (χ0) is 10.4. The number of aromatic nitrogens is 1. The van der Waals surface area contributed by atoms with Crippen LogP contribution in [-0.2, 0) is 0 Å². The van der Waals surface area contributed by atoms with E-state index in [1.54, 1.807) is 18.2 Å². The van der Waals surface area contributed by atoms with E-state index in [2.05, 4.69) is 9.37 Å². The zero-order valence-electron chi connectivity index (χ0n) is 7.56. The van der Waals surface area contributed by atoms with Crippen LogP contribution >= 0.6 is 11.5 Å². The first-order chi connectivity index (χ1) is 7.27. The van der Waals surface area contributed by atoms with Gasteiger partial charge in [0.05, 0.1) is 11.6 Å². The molecular formula is C10H6N2O2S. The Balaban J connectivity index is 2.29. The number of ketones is 1. The van der Waals surface area contributed by atoms with Gasteiger partial charge in [-0.1, -0.05) is 18.2 Å². The highest BCUT2D eigenvalue weighted by Crippen LogP contribution is 2.31. The van der Waals surface area contributed by atoms with Gasteiger partial charge in [-0.15, -0.1) is 0 Å². The highest BCUT2D eigenvalue weighted by atomic mass is 32.1. The number of Topliss-reactive ketones (excluding diaryl/α,β-unsaturated/α-hetero) is 1. The summed E-state index contributed by atoms with van der Waals surface area (Å²) in [6.45, 7) is 0. The van der Waals surface area contributed by atoms with Crippen molar-refractivity contribution in [1.82, 2.24) is 4.37 Å². The number of rotatable bonds is 0. The fourth-order valence-corrected chi connectivity index (χ4v) is 2.46. The zero-order valence-corrected chi connectivity index (χ0v) is 8.38. The first-order valence-electron chi connectivity index (χ1n) is 4.46. The van der Waals surface area contributed by atoms with Crippen LogP contribution in [0.4, 0.5) is 5.00 Å². The molecule has 1 aromatic heterocycles. The molecule has 0 saturated carbocycles. The molecular weight excluding hydrogens is 212 g/mol. The van der Waals surface area contributed by atoms with Crippen molar-refractivity contribution >= 4 is 28.0 Å². The van der Waals surface area contributed by atoms with Crippen LogP contribution in [-0.4, -0.2) is 15.9 Å². The third-order valence-corrected chi connectivity index (χ3v) is 3.22. The number of hydrogen-bond donors (Lipinski definition) is 1. The molecule has 1 aliphatic heterocycles. The van der Waals surface area contributed by atoms with Gasteiger partial charge in [0, 0.05) is 0 Å². The van der Waals surface area contributed by atoms with Gasteiger partial charge in [-0.2, -0.15) is 0 Å². The molecule has 2 aliphatic rings. The summed E-state index contributed by atoms with van der Waals surface area (Å²) in [6.07, 6.45) is 7.20. The Morgan fingerprint density at radius 1 is 1.33 bits per heavy atom. The van der Waals surface area contributed by atoms with Crippen LogP contribution in [0, 0.1) is 5.92 Å². The summed E-state index contributed by atoms with van der Waals surface area (Å²) >= 11 is 1.11. The SMILES string of the molecule is O=C1c2c(s[nH]c2=O)N=C2C=CC=CC12. The van der Waals surface area contributed by atoms with Crippen molar-refractivity contribution in [2.24, 2.45) is 10.9 Å². The Hall–Kier alpha value is -1.75. The molecule has 1 aromatic rings. The molecule has 1 N–H and O–H groups in total. The Morgan fingerprint density at radius 2 is 2.20 bits per heavy atom. The number of carbonyl (C=O) groups is 1. The van der Waals surface area contributed by atoms with Crippen LogP contribution in [0.5, 0.6) is 0 Å².